The van der Waals surface area contributed by atoms with Gasteiger partial charge in [0, 0.05) is 42.1 Å². The van der Waals surface area contributed by atoms with Crippen molar-refractivity contribution in [1.82, 2.24) is 9.97 Å². The molecule has 4 rings (SSSR count). The van der Waals surface area contributed by atoms with Crippen molar-refractivity contribution in [3.63, 3.8) is 0 Å². The summed E-state index contributed by atoms with van der Waals surface area (Å²) >= 11 is 0. The van der Waals surface area contributed by atoms with Crippen molar-refractivity contribution in [2.24, 2.45) is 5.41 Å². The minimum atomic E-state index is -5.00. The third-order valence-electron chi connectivity index (χ3n) is 5.33. The van der Waals surface area contributed by atoms with Gasteiger partial charge in [-0.05, 0) is 47.2 Å². The van der Waals surface area contributed by atoms with E-state index in [-0.39, 0.29) is 17.6 Å². The number of hydrogen-bond donors (Lipinski definition) is 1. The highest BCUT2D eigenvalue weighted by molar-refractivity contribution is 6.02. The van der Waals surface area contributed by atoms with Gasteiger partial charge in [-0.25, -0.2) is 4.39 Å². The van der Waals surface area contributed by atoms with Crippen LogP contribution in [0.5, 0.6) is 5.75 Å². The van der Waals surface area contributed by atoms with E-state index in [0.717, 1.165) is 23.4 Å². The predicted molar refractivity (Wildman–Crippen MR) is 106 cm³/mol. The Balaban J connectivity index is 1.81. The number of hydrogen-bond acceptors (Lipinski definition) is 3. The second-order valence-corrected chi connectivity index (χ2v) is 8.50. The van der Waals surface area contributed by atoms with E-state index in [9.17, 15) is 22.4 Å². The van der Waals surface area contributed by atoms with Gasteiger partial charge in [0.2, 0.25) is 0 Å². The van der Waals surface area contributed by atoms with Crippen LogP contribution in [0.2, 0.25) is 0 Å². The van der Waals surface area contributed by atoms with Crippen molar-refractivity contribution >= 4 is 5.78 Å². The maximum absolute atomic E-state index is 13.9. The fraction of sp³-hybridized carbons (Fsp3) is 0.304. The number of halogens is 4. The maximum atomic E-state index is 13.9. The number of carbonyl (C=O) groups is 1. The predicted octanol–water partition coefficient (Wildman–Crippen LogP) is 5.86. The summed E-state index contributed by atoms with van der Waals surface area (Å²) in [5.74, 6) is -2.02. The number of ether oxygens (including phenoxy) is 1. The number of alkyl halides is 3. The van der Waals surface area contributed by atoms with E-state index in [2.05, 4.69) is 14.7 Å². The number of ketones is 1. The molecule has 3 aromatic rings. The molecular formula is C23H20F4N2O2. The first-order valence-corrected chi connectivity index (χ1v) is 9.74. The minimum Gasteiger partial charge on any atom is -0.403 e. The zero-order valence-corrected chi connectivity index (χ0v) is 16.9. The number of nitrogens with one attached hydrogen (secondary N) is 1. The van der Waals surface area contributed by atoms with Gasteiger partial charge in [0.15, 0.2) is 17.3 Å². The van der Waals surface area contributed by atoms with E-state index in [4.69, 9.17) is 0 Å². The zero-order chi connectivity index (χ0) is 22.4. The lowest BCUT2D eigenvalue weighted by Crippen LogP contribution is -2.27. The first kappa shape index (κ1) is 21.1. The third-order valence-corrected chi connectivity index (χ3v) is 5.33. The van der Waals surface area contributed by atoms with E-state index in [1.165, 1.54) is 6.07 Å². The van der Waals surface area contributed by atoms with Gasteiger partial charge >= 0.3 is 6.36 Å². The molecule has 4 nitrogen and oxygen atoms in total. The Morgan fingerprint density at radius 1 is 1.13 bits per heavy atom. The average molecular weight is 432 g/mol. The first-order valence-electron chi connectivity index (χ1n) is 9.74. The van der Waals surface area contributed by atoms with Gasteiger partial charge in [0.25, 0.3) is 0 Å². The van der Waals surface area contributed by atoms with Crippen molar-refractivity contribution in [3.05, 3.63) is 70.9 Å². The fourth-order valence-electron chi connectivity index (χ4n) is 4.14. The summed E-state index contributed by atoms with van der Waals surface area (Å²) < 4.78 is 55.5. The van der Waals surface area contributed by atoms with Gasteiger partial charge in [-0.3, -0.25) is 9.78 Å². The SMILES string of the molecule is CC1(C)CC(=O)c2c([nH]c(-c3ccncc3)c2Cc2ccc(F)c(OC(F)(F)F)c2)C1. The average Bonchev–Trinajstić information content (AvgIpc) is 3.01. The first-order chi connectivity index (χ1) is 14.5. The Labute approximate surface area is 176 Å². The molecule has 0 unspecified atom stereocenters. The normalized spacial score (nSPS) is 15.6. The molecule has 2 heterocycles. The van der Waals surface area contributed by atoms with Gasteiger partial charge in [0.05, 0.1) is 5.69 Å². The molecule has 0 radical (unpaired) electrons. The topological polar surface area (TPSA) is 55.0 Å². The van der Waals surface area contributed by atoms with Crippen LogP contribution in [0.1, 0.15) is 47.4 Å². The number of rotatable bonds is 4. The van der Waals surface area contributed by atoms with Crippen LogP contribution in [-0.4, -0.2) is 22.1 Å². The van der Waals surface area contributed by atoms with Gasteiger partial charge in [-0.1, -0.05) is 19.9 Å². The lowest BCUT2D eigenvalue weighted by molar-refractivity contribution is -0.275. The van der Waals surface area contributed by atoms with Crippen LogP contribution in [0.15, 0.2) is 42.7 Å². The molecule has 0 saturated heterocycles. The highest BCUT2D eigenvalue weighted by Gasteiger charge is 2.36. The monoisotopic (exact) mass is 432 g/mol. The van der Waals surface area contributed by atoms with Crippen LogP contribution >= 0.6 is 0 Å². The fourth-order valence-corrected chi connectivity index (χ4v) is 4.14. The molecule has 2 aromatic heterocycles. The maximum Gasteiger partial charge on any atom is 0.573 e. The smallest absolute Gasteiger partial charge is 0.403 e. The van der Waals surface area contributed by atoms with Crippen molar-refractivity contribution in [2.75, 3.05) is 0 Å². The lowest BCUT2D eigenvalue weighted by Gasteiger charge is -2.28. The Morgan fingerprint density at radius 2 is 1.84 bits per heavy atom. The van der Waals surface area contributed by atoms with Crippen molar-refractivity contribution in [3.8, 4) is 17.0 Å². The van der Waals surface area contributed by atoms with Gasteiger partial charge in [0.1, 0.15) is 0 Å². The Kier molecular flexibility index (Phi) is 5.11. The molecule has 8 heteroatoms. The Bertz CT molecular complexity index is 1130. The molecule has 0 fully saturated rings. The second kappa shape index (κ2) is 7.51. The lowest BCUT2D eigenvalue weighted by atomic mass is 9.75. The van der Waals surface area contributed by atoms with Crippen molar-refractivity contribution in [2.45, 2.75) is 39.5 Å². The largest absolute Gasteiger partial charge is 0.573 e. The number of nitrogens with zero attached hydrogens (tertiary/aromatic N) is 1. The number of carbonyl (C=O) groups excluding carboxylic acids is 1. The molecule has 0 atom stereocenters. The molecule has 0 bridgehead atoms. The van der Waals surface area contributed by atoms with E-state index in [1.807, 2.05) is 13.8 Å². The van der Waals surface area contributed by atoms with E-state index in [0.29, 0.717) is 35.2 Å². The number of benzene rings is 1. The second-order valence-electron chi connectivity index (χ2n) is 8.50. The Morgan fingerprint density at radius 3 is 2.52 bits per heavy atom. The molecule has 1 N–H and O–H groups in total. The molecule has 0 aliphatic heterocycles. The van der Waals surface area contributed by atoms with Crippen molar-refractivity contribution < 1.29 is 27.1 Å². The quantitative estimate of drug-likeness (QED) is 0.526. The number of pyridine rings is 1. The highest BCUT2D eigenvalue weighted by Crippen LogP contribution is 2.40. The van der Waals surface area contributed by atoms with Crippen LogP contribution in [0.3, 0.4) is 0 Å². The van der Waals surface area contributed by atoms with Crippen LogP contribution in [0.25, 0.3) is 11.3 Å². The number of Topliss-reactive ketones (excluding diaryl/α,β-unsaturated/α-hetero) is 1. The molecule has 0 saturated carbocycles. The molecule has 0 amide bonds. The van der Waals surface area contributed by atoms with Gasteiger partial charge in [-0.15, -0.1) is 13.2 Å². The molecule has 31 heavy (non-hydrogen) atoms. The van der Waals surface area contributed by atoms with Crippen LogP contribution < -0.4 is 4.74 Å². The standard InChI is InChI=1S/C23H20F4N2O2/c1-22(2)11-17-20(18(30)12-22)15(21(29-17)14-5-7-28-8-6-14)9-13-3-4-16(24)19(10-13)31-23(25,26)27/h3-8,10,29H,9,11-12H2,1-2H3. The summed E-state index contributed by atoms with van der Waals surface area (Å²) in [6, 6.07) is 6.94. The molecule has 162 valence electrons. The van der Waals surface area contributed by atoms with Crippen LogP contribution in [0, 0.1) is 11.2 Å². The van der Waals surface area contributed by atoms with Gasteiger partial charge < -0.3 is 9.72 Å². The van der Waals surface area contributed by atoms with Crippen molar-refractivity contribution in [1.29, 1.82) is 0 Å². The third kappa shape index (κ3) is 4.47. The molecule has 0 spiro atoms. The summed E-state index contributed by atoms with van der Waals surface area (Å²) in [4.78, 5) is 20.4. The van der Waals surface area contributed by atoms with Crippen LogP contribution in [0.4, 0.5) is 17.6 Å². The van der Waals surface area contributed by atoms with Crippen LogP contribution in [-0.2, 0) is 12.8 Å². The minimum absolute atomic E-state index is 0.0216. The highest BCUT2D eigenvalue weighted by atomic mass is 19.4. The zero-order valence-electron chi connectivity index (χ0n) is 16.9. The summed E-state index contributed by atoms with van der Waals surface area (Å²) in [7, 11) is 0. The summed E-state index contributed by atoms with van der Waals surface area (Å²) in [5.41, 5.74) is 3.75. The van der Waals surface area contributed by atoms with E-state index in [1.54, 1.807) is 24.5 Å². The molecular weight excluding hydrogens is 412 g/mol. The number of fused-ring (bicyclic) bond motifs is 1. The molecule has 1 aromatic carbocycles. The summed E-state index contributed by atoms with van der Waals surface area (Å²) in [6.07, 6.45) is -0.582. The summed E-state index contributed by atoms with van der Waals surface area (Å²) in [5, 5.41) is 0. The number of aromatic nitrogens is 2. The summed E-state index contributed by atoms with van der Waals surface area (Å²) in [6.45, 7) is 4.03. The van der Waals surface area contributed by atoms with E-state index >= 15 is 0 Å². The molecule has 1 aliphatic carbocycles. The molecule has 1 aliphatic rings. The number of H-pyrrole nitrogens is 1. The number of aromatic amines is 1. The van der Waals surface area contributed by atoms with E-state index < -0.39 is 17.9 Å². The van der Waals surface area contributed by atoms with Gasteiger partial charge in [-0.2, -0.15) is 0 Å². The Hall–Kier alpha value is -3.16.